The maximum Gasteiger partial charge on any atom is 0.255 e. The van der Waals surface area contributed by atoms with Crippen molar-refractivity contribution >= 4 is 23.4 Å². The standard InChI is InChI=1S/C22H24N2O5/c1-3-28-18-10-7-16(13-19(18)29-4-2)22(27)23-17-8-5-15(6-9-17)14-24-20(25)11-12-21(24)26/h5-10,13H,3-4,11-12,14H2,1-2H3,(H,23,27). The number of carbonyl (C=O) groups excluding carboxylic acids is 3. The Balaban J connectivity index is 1.66. The Morgan fingerprint density at radius 1 is 0.931 bits per heavy atom. The van der Waals surface area contributed by atoms with Crippen LogP contribution in [0, 0.1) is 0 Å². The average Bonchev–Trinajstić information content (AvgIpc) is 3.03. The molecule has 0 unspecified atom stereocenters. The van der Waals surface area contributed by atoms with Gasteiger partial charge in [0.15, 0.2) is 11.5 Å². The predicted octanol–water partition coefficient (Wildman–Crippen LogP) is 3.39. The van der Waals surface area contributed by atoms with Gasteiger partial charge in [0.25, 0.3) is 5.91 Å². The summed E-state index contributed by atoms with van der Waals surface area (Å²) in [6, 6.07) is 12.1. The van der Waals surface area contributed by atoms with E-state index in [-0.39, 0.29) is 37.1 Å². The Hall–Kier alpha value is -3.35. The number of nitrogens with zero attached hydrogens (tertiary/aromatic N) is 1. The van der Waals surface area contributed by atoms with Crippen molar-refractivity contribution in [3.63, 3.8) is 0 Å². The fourth-order valence-corrected chi connectivity index (χ4v) is 3.07. The molecule has 1 heterocycles. The molecule has 3 rings (SSSR count). The maximum absolute atomic E-state index is 12.6. The molecular formula is C22H24N2O5. The minimum Gasteiger partial charge on any atom is -0.490 e. The molecule has 0 radical (unpaired) electrons. The van der Waals surface area contributed by atoms with E-state index >= 15 is 0 Å². The van der Waals surface area contributed by atoms with Crippen molar-refractivity contribution in [3.05, 3.63) is 53.6 Å². The van der Waals surface area contributed by atoms with E-state index in [0.29, 0.717) is 36.0 Å². The molecule has 0 spiro atoms. The van der Waals surface area contributed by atoms with Crippen molar-refractivity contribution in [2.24, 2.45) is 0 Å². The minimum atomic E-state index is -0.272. The quantitative estimate of drug-likeness (QED) is 0.692. The van der Waals surface area contributed by atoms with Crippen LogP contribution in [0.15, 0.2) is 42.5 Å². The molecule has 1 aliphatic rings. The SMILES string of the molecule is CCOc1ccc(C(=O)Nc2ccc(CN3C(=O)CCC3=O)cc2)cc1OCC. The van der Waals surface area contributed by atoms with Gasteiger partial charge in [0.2, 0.25) is 11.8 Å². The van der Waals surface area contributed by atoms with E-state index in [9.17, 15) is 14.4 Å². The number of hydrogen-bond acceptors (Lipinski definition) is 5. The van der Waals surface area contributed by atoms with Crippen molar-refractivity contribution in [1.29, 1.82) is 0 Å². The molecule has 0 saturated carbocycles. The topological polar surface area (TPSA) is 84.9 Å². The highest BCUT2D eigenvalue weighted by atomic mass is 16.5. The van der Waals surface area contributed by atoms with Gasteiger partial charge in [-0.1, -0.05) is 12.1 Å². The Morgan fingerprint density at radius 3 is 2.17 bits per heavy atom. The largest absolute Gasteiger partial charge is 0.490 e. The fraction of sp³-hybridized carbons (Fsp3) is 0.318. The van der Waals surface area contributed by atoms with Crippen LogP contribution in [0.2, 0.25) is 0 Å². The zero-order chi connectivity index (χ0) is 20.8. The third kappa shape index (κ3) is 4.93. The molecule has 1 aliphatic heterocycles. The first kappa shape index (κ1) is 20.4. The van der Waals surface area contributed by atoms with E-state index in [4.69, 9.17) is 9.47 Å². The second-order valence-corrected chi connectivity index (χ2v) is 6.55. The number of carbonyl (C=O) groups is 3. The van der Waals surface area contributed by atoms with Gasteiger partial charge in [-0.2, -0.15) is 0 Å². The van der Waals surface area contributed by atoms with E-state index in [1.54, 1.807) is 42.5 Å². The smallest absolute Gasteiger partial charge is 0.255 e. The van der Waals surface area contributed by atoms with E-state index < -0.39 is 0 Å². The molecule has 0 atom stereocenters. The number of rotatable bonds is 8. The summed E-state index contributed by atoms with van der Waals surface area (Å²) in [5.41, 5.74) is 1.89. The number of nitrogens with one attached hydrogen (secondary N) is 1. The first-order chi connectivity index (χ1) is 14.0. The second-order valence-electron chi connectivity index (χ2n) is 6.55. The molecule has 1 N–H and O–H groups in total. The van der Waals surface area contributed by atoms with Crippen LogP contribution < -0.4 is 14.8 Å². The van der Waals surface area contributed by atoms with E-state index in [2.05, 4.69) is 5.32 Å². The van der Waals surface area contributed by atoms with Crippen molar-refractivity contribution in [2.45, 2.75) is 33.2 Å². The molecule has 1 fully saturated rings. The Morgan fingerprint density at radius 2 is 1.55 bits per heavy atom. The van der Waals surface area contributed by atoms with Crippen molar-refractivity contribution in [2.75, 3.05) is 18.5 Å². The van der Waals surface area contributed by atoms with Crippen molar-refractivity contribution in [1.82, 2.24) is 4.90 Å². The molecule has 7 nitrogen and oxygen atoms in total. The van der Waals surface area contributed by atoms with Gasteiger partial charge in [0, 0.05) is 24.1 Å². The van der Waals surface area contributed by atoms with Crippen LogP contribution in [0.25, 0.3) is 0 Å². The summed E-state index contributed by atoms with van der Waals surface area (Å²) in [4.78, 5) is 37.3. The van der Waals surface area contributed by atoms with Crippen LogP contribution in [-0.4, -0.2) is 35.8 Å². The average molecular weight is 396 g/mol. The lowest BCUT2D eigenvalue weighted by atomic mass is 10.1. The fourth-order valence-electron chi connectivity index (χ4n) is 3.07. The van der Waals surface area contributed by atoms with E-state index in [1.165, 1.54) is 4.90 Å². The lowest BCUT2D eigenvalue weighted by molar-refractivity contribution is -0.139. The summed E-state index contributed by atoms with van der Waals surface area (Å²) in [5.74, 6) is 0.561. The van der Waals surface area contributed by atoms with Crippen LogP contribution in [0.1, 0.15) is 42.6 Å². The van der Waals surface area contributed by atoms with Crippen LogP contribution in [0.4, 0.5) is 5.69 Å². The Labute approximate surface area is 169 Å². The lowest BCUT2D eigenvalue weighted by Crippen LogP contribution is -2.28. The van der Waals surface area contributed by atoms with Crippen LogP contribution in [0.3, 0.4) is 0 Å². The maximum atomic E-state index is 12.6. The summed E-state index contributed by atoms with van der Waals surface area (Å²) in [6.45, 7) is 4.98. The second kappa shape index (κ2) is 9.23. The molecule has 0 aliphatic carbocycles. The van der Waals surface area contributed by atoms with Gasteiger partial charge in [0.05, 0.1) is 19.8 Å². The van der Waals surface area contributed by atoms with Crippen molar-refractivity contribution < 1.29 is 23.9 Å². The molecule has 1 saturated heterocycles. The molecule has 3 amide bonds. The van der Waals surface area contributed by atoms with Gasteiger partial charge < -0.3 is 14.8 Å². The summed E-state index contributed by atoms with van der Waals surface area (Å²) in [6.07, 6.45) is 0.553. The highest BCUT2D eigenvalue weighted by Crippen LogP contribution is 2.29. The summed E-state index contributed by atoms with van der Waals surface area (Å²) in [5, 5.41) is 2.83. The van der Waals surface area contributed by atoms with Crippen LogP contribution in [-0.2, 0) is 16.1 Å². The monoisotopic (exact) mass is 396 g/mol. The highest BCUT2D eigenvalue weighted by molar-refractivity contribution is 6.04. The molecule has 0 aromatic heterocycles. The summed E-state index contributed by atoms with van der Waals surface area (Å²) >= 11 is 0. The number of amides is 3. The lowest BCUT2D eigenvalue weighted by Gasteiger charge is -2.14. The zero-order valence-electron chi connectivity index (χ0n) is 16.6. The molecule has 0 bridgehead atoms. The van der Waals surface area contributed by atoms with Crippen molar-refractivity contribution in [3.8, 4) is 11.5 Å². The van der Waals surface area contributed by atoms with E-state index in [1.807, 2.05) is 13.8 Å². The molecule has 2 aromatic carbocycles. The van der Waals surface area contributed by atoms with Gasteiger partial charge in [-0.05, 0) is 49.7 Å². The number of hydrogen-bond donors (Lipinski definition) is 1. The Kier molecular flexibility index (Phi) is 6.49. The first-order valence-electron chi connectivity index (χ1n) is 9.65. The van der Waals surface area contributed by atoms with Gasteiger partial charge >= 0.3 is 0 Å². The zero-order valence-corrected chi connectivity index (χ0v) is 16.6. The number of ether oxygens (including phenoxy) is 2. The third-order valence-corrected chi connectivity index (χ3v) is 4.51. The highest BCUT2D eigenvalue weighted by Gasteiger charge is 2.28. The molecule has 2 aromatic rings. The van der Waals surface area contributed by atoms with Gasteiger partial charge in [-0.3, -0.25) is 19.3 Å². The summed E-state index contributed by atoms with van der Waals surface area (Å²) in [7, 11) is 0. The molecule has 29 heavy (non-hydrogen) atoms. The van der Waals surface area contributed by atoms with Gasteiger partial charge in [0.1, 0.15) is 0 Å². The number of benzene rings is 2. The third-order valence-electron chi connectivity index (χ3n) is 4.51. The summed E-state index contributed by atoms with van der Waals surface area (Å²) < 4.78 is 11.1. The number of likely N-dealkylation sites (tertiary alicyclic amines) is 1. The number of imide groups is 1. The molecular weight excluding hydrogens is 372 g/mol. The minimum absolute atomic E-state index is 0.145. The Bertz CT molecular complexity index is 892. The van der Waals surface area contributed by atoms with Gasteiger partial charge in [-0.15, -0.1) is 0 Å². The normalized spacial score (nSPS) is 13.5. The van der Waals surface area contributed by atoms with Crippen LogP contribution >= 0.6 is 0 Å². The van der Waals surface area contributed by atoms with Crippen LogP contribution in [0.5, 0.6) is 11.5 Å². The molecule has 7 heteroatoms. The number of anilines is 1. The predicted molar refractivity (Wildman–Crippen MR) is 108 cm³/mol. The first-order valence-corrected chi connectivity index (χ1v) is 9.65. The molecule has 152 valence electrons. The van der Waals surface area contributed by atoms with Gasteiger partial charge in [-0.25, -0.2) is 0 Å². The van der Waals surface area contributed by atoms with E-state index in [0.717, 1.165) is 5.56 Å².